The number of hydrogen-bond acceptors (Lipinski definition) is 7. The van der Waals surface area contributed by atoms with Crippen LogP contribution in [0.25, 0.3) is 0 Å². The van der Waals surface area contributed by atoms with Gasteiger partial charge in [-0.2, -0.15) is 4.39 Å². The lowest BCUT2D eigenvalue weighted by atomic mass is 10.2. The summed E-state index contributed by atoms with van der Waals surface area (Å²) >= 11 is 0. The van der Waals surface area contributed by atoms with Gasteiger partial charge in [0, 0.05) is 25.0 Å². The van der Waals surface area contributed by atoms with Crippen LogP contribution in [0, 0.1) is 11.6 Å². The lowest BCUT2D eigenvalue weighted by Crippen LogP contribution is -2.27. The lowest BCUT2D eigenvalue weighted by molar-refractivity contribution is -0.126. The average Bonchev–Trinajstić information content (AvgIpc) is 3.17. The van der Waals surface area contributed by atoms with Gasteiger partial charge in [-0.15, -0.1) is 0 Å². The summed E-state index contributed by atoms with van der Waals surface area (Å²) in [5.74, 6) is -2.13. The van der Waals surface area contributed by atoms with Crippen molar-refractivity contribution in [1.82, 2.24) is 9.71 Å². The number of ether oxygens (including phenoxy) is 2. The molecule has 30 heavy (non-hydrogen) atoms. The summed E-state index contributed by atoms with van der Waals surface area (Å²) in [4.78, 5) is 15.9. The van der Waals surface area contributed by atoms with E-state index in [9.17, 15) is 22.7 Å². The van der Waals surface area contributed by atoms with Crippen LogP contribution in [0.3, 0.4) is 0 Å². The van der Waals surface area contributed by atoms with Gasteiger partial charge in [0.15, 0.2) is 16.6 Å². The smallest absolute Gasteiger partial charge is 0.253 e. The van der Waals surface area contributed by atoms with Crippen molar-refractivity contribution in [2.45, 2.75) is 37.0 Å². The van der Waals surface area contributed by atoms with Crippen LogP contribution < -0.4 is 14.8 Å². The number of benzene rings is 1. The predicted octanol–water partition coefficient (Wildman–Crippen LogP) is 3.80. The molecule has 0 saturated carbocycles. The van der Waals surface area contributed by atoms with Gasteiger partial charge in [-0.25, -0.2) is 14.1 Å². The maximum atomic E-state index is 12.5. The van der Waals surface area contributed by atoms with E-state index >= 15 is 0 Å². The van der Waals surface area contributed by atoms with Crippen LogP contribution in [0.15, 0.2) is 41.6 Å². The third kappa shape index (κ3) is 6.34. The SMILES string of the molecule is CNS(O)(O)c1cc(NC(=O)C2CCC(C)O2)ccn1.COc1cccc(F)c1F. The monoisotopic (exact) mass is 445 g/mol. The number of nitrogens with zero attached hydrogens (tertiary/aromatic N) is 1. The third-order valence-corrected chi connectivity index (χ3v) is 5.61. The number of carbonyl (C=O) groups excluding carboxylic acids is 1. The number of pyridine rings is 1. The summed E-state index contributed by atoms with van der Waals surface area (Å²) in [6, 6.07) is 6.81. The first-order valence-electron chi connectivity index (χ1n) is 9.05. The number of hydrogen-bond donors (Lipinski definition) is 4. The lowest BCUT2D eigenvalue weighted by Gasteiger charge is -2.29. The summed E-state index contributed by atoms with van der Waals surface area (Å²) in [5, 5.41) is 2.78. The Balaban J connectivity index is 0.000000269. The van der Waals surface area contributed by atoms with Crippen molar-refractivity contribution in [1.29, 1.82) is 0 Å². The van der Waals surface area contributed by atoms with Gasteiger partial charge in [0.05, 0.1) is 13.2 Å². The first-order valence-corrected chi connectivity index (χ1v) is 10.6. The minimum atomic E-state index is -3.13. The Hall–Kier alpha value is -2.31. The molecule has 0 spiro atoms. The summed E-state index contributed by atoms with van der Waals surface area (Å²) < 4.78 is 56.7. The minimum Gasteiger partial charge on any atom is -0.494 e. The van der Waals surface area contributed by atoms with E-state index in [1.165, 1.54) is 38.6 Å². The van der Waals surface area contributed by atoms with E-state index in [0.717, 1.165) is 12.5 Å². The molecule has 2 heterocycles. The molecular formula is C19H25F2N3O5S. The van der Waals surface area contributed by atoms with Crippen molar-refractivity contribution in [2.24, 2.45) is 0 Å². The molecule has 0 radical (unpaired) electrons. The Labute approximate surface area is 175 Å². The molecule has 1 saturated heterocycles. The second kappa shape index (κ2) is 10.6. The zero-order valence-corrected chi connectivity index (χ0v) is 17.6. The molecule has 2 atom stereocenters. The highest BCUT2D eigenvalue weighted by Crippen LogP contribution is 2.42. The fourth-order valence-electron chi connectivity index (χ4n) is 2.61. The van der Waals surface area contributed by atoms with Crippen molar-refractivity contribution in [3.63, 3.8) is 0 Å². The largest absolute Gasteiger partial charge is 0.494 e. The average molecular weight is 445 g/mol. The van der Waals surface area contributed by atoms with Crippen LogP contribution in [-0.2, 0) is 9.53 Å². The van der Waals surface area contributed by atoms with Crippen LogP contribution in [0.5, 0.6) is 5.75 Å². The van der Waals surface area contributed by atoms with Gasteiger partial charge in [0.2, 0.25) is 5.82 Å². The van der Waals surface area contributed by atoms with Gasteiger partial charge in [0.25, 0.3) is 5.91 Å². The molecule has 4 N–H and O–H groups in total. The predicted molar refractivity (Wildman–Crippen MR) is 110 cm³/mol. The summed E-state index contributed by atoms with van der Waals surface area (Å²) in [7, 11) is -0.412. The molecule has 166 valence electrons. The van der Waals surface area contributed by atoms with Crippen LogP contribution in [0.1, 0.15) is 19.8 Å². The second-order valence-electron chi connectivity index (χ2n) is 6.39. The number of nitrogens with one attached hydrogen (secondary N) is 2. The molecular weight excluding hydrogens is 420 g/mol. The molecule has 1 aromatic heterocycles. The number of carbonyl (C=O) groups is 1. The topological polar surface area (TPSA) is 113 Å². The van der Waals surface area contributed by atoms with E-state index in [0.29, 0.717) is 12.1 Å². The number of methoxy groups -OCH3 is 1. The molecule has 8 nitrogen and oxygen atoms in total. The van der Waals surface area contributed by atoms with Crippen molar-refractivity contribution < 1.29 is 32.2 Å². The van der Waals surface area contributed by atoms with Crippen molar-refractivity contribution in [3.05, 3.63) is 48.2 Å². The van der Waals surface area contributed by atoms with E-state index < -0.39 is 28.5 Å². The van der Waals surface area contributed by atoms with Gasteiger partial charge >= 0.3 is 0 Å². The molecule has 1 aliphatic heterocycles. The van der Waals surface area contributed by atoms with Gasteiger partial charge < -0.3 is 14.8 Å². The standard InChI is InChI=1S/C12H19N3O4S.C7H6F2O/c1-8-3-4-10(19-8)12(16)15-9-5-6-14-11(7-9)20(17,18)13-2;1-10-6-4-2-3-5(8)7(6)9/h5-8,10,13,17-18H,3-4H2,1-2H3,(H,14,15,16);2-4H,1H3. The number of aromatic nitrogens is 1. The fourth-order valence-corrected chi connectivity index (χ4v) is 3.32. The Kier molecular flexibility index (Phi) is 8.50. The van der Waals surface area contributed by atoms with Gasteiger partial charge in [0.1, 0.15) is 6.10 Å². The van der Waals surface area contributed by atoms with Crippen molar-refractivity contribution >= 4 is 22.4 Å². The Morgan fingerprint density at radius 2 is 2.03 bits per heavy atom. The maximum absolute atomic E-state index is 12.5. The van der Waals surface area contributed by atoms with E-state index in [2.05, 4.69) is 19.8 Å². The molecule has 2 unspecified atom stereocenters. The Morgan fingerprint density at radius 1 is 1.30 bits per heavy atom. The van der Waals surface area contributed by atoms with Gasteiger partial charge in [-0.3, -0.25) is 13.9 Å². The van der Waals surface area contributed by atoms with Crippen LogP contribution in [0.2, 0.25) is 0 Å². The highest BCUT2D eigenvalue weighted by Gasteiger charge is 2.28. The van der Waals surface area contributed by atoms with E-state index in [-0.39, 0.29) is 22.8 Å². The van der Waals surface area contributed by atoms with Crippen LogP contribution >= 0.6 is 10.8 Å². The quantitative estimate of drug-likeness (QED) is 0.554. The molecule has 3 rings (SSSR count). The minimum absolute atomic E-state index is 0.0694. The van der Waals surface area contributed by atoms with Crippen LogP contribution in [-0.4, -0.2) is 46.4 Å². The fraction of sp³-hybridized carbons (Fsp3) is 0.368. The van der Waals surface area contributed by atoms with E-state index in [1.54, 1.807) is 6.07 Å². The summed E-state index contributed by atoms with van der Waals surface area (Å²) in [6.45, 7) is 1.93. The first kappa shape index (κ1) is 24.0. The molecule has 0 aliphatic carbocycles. The summed E-state index contributed by atoms with van der Waals surface area (Å²) in [6.07, 6.45) is 2.60. The Morgan fingerprint density at radius 3 is 2.60 bits per heavy atom. The summed E-state index contributed by atoms with van der Waals surface area (Å²) in [5.41, 5.74) is 0.457. The number of rotatable bonds is 5. The molecule has 1 aliphatic rings. The second-order valence-corrected chi connectivity index (χ2v) is 8.32. The number of halogens is 2. The molecule has 1 fully saturated rings. The van der Waals surface area contributed by atoms with Gasteiger partial charge in [-0.1, -0.05) is 16.8 Å². The van der Waals surface area contributed by atoms with Crippen molar-refractivity contribution in [3.8, 4) is 5.75 Å². The number of amides is 1. The highest BCUT2D eigenvalue weighted by molar-refractivity contribution is 8.22. The molecule has 11 heteroatoms. The third-order valence-electron chi connectivity index (χ3n) is 4.24. The maximum Gasteiger partial charge on any atom is 0.253 e. The highest BCUT2D eigenvalue weighted by atomic mass is 32.3. The zero-order chi connectivity index (χ0) is 22.3. The first-order chi connectivity index (χ1) is 14.2. The molecule has 1 aromatic carbocycles. The molecule has 2 aromatic rings. The van der Waals surface area contributed by atoms with E-state index in [1.807, 2.05) is 6.92 Å². The Bertz CT molecular complexity index is 872. The van der Waals surface area contributed by atoms with E-state index in [4.69, 9.17) is 4.74 Å². The van der Waals surface area contributed by atoms with Gasteiger partial charge in [-0.05, 0) is 38.0 Å². The number of anilines is 1. The zero-order valence-electron chi connectivity index (χ0n) is 16.8. The normalized spacial score (nSPS) is 18.9. The molecule has 0 bridgehead atoms. The molecule has 1 amide bonds. The van der Waals surface area contributed by atoms with Crippen molar-refractivity contribution in [2.75, 3.05) is 19.5 Å². The van der Waals surface area contributed by atoms with Crippen LogP contribution in [0.4, 0.5) is 14.5 Å².